The molecule has 1 aliphatic heterocycles. The van der Waals surface area contributed by atoms with Crippen LogP contribution >= 0.6 is 0 Å². The molecule has 4 N–H and O–H groups in total. The highest BCUT2D eigenvalue weighted by Crippen LogP contribution is 2.32. The van der Waals surface area contributed by atoms with Gasteiger partial charge in [-0.05, 0) is 36.4 Å². The first kappa shape index (κ1) is 24.6. The van der Waals surface area contributed by atoms with Gasteiger partial charge in [-0.15, -0.1) is 13.2 Å². The molecule has 2 amide bonds. The zero-order chi connectivity index (χ0) is 24.9. The molecule has 0 unspecified atom stereocenters. The maximum atomic E-state index is 12.4. The van der Waals surface area contributed by atoms with E-state index in [1.807, 2.05) is 4.90 Å². The zero-order valence-corrected chi connectivity index (χ0v) is 18.2. The van der Waals surface area contributed by atoms with Gasteiger partial charge in [0.05, 0.1) is 29.5 Å². The molecule has 0 radical (unpaired) electrons. The Labute approximate surface area is 193 Å². The van der Waals surface area contributed by atoms with Crippen LogP contribution in [0.1, 0.15) is 12.5 Å². The van der Waals surface area contributed by atoms with Crippen molar-refractivity contribution in [3.63, 3.8) is 0 Å². The van der Waals surface area contributed by atoms with Gasteiger partial charge < -0.3 is 31.0 Å². The minimum atomic E-state index is -4.80. The van der Waals surface area contributed by atoms with Crippen LogP contribution < -0.4 is 25.6 Å². The van der Waals surface area contributed by atoms with Gasteiger partial charge in [0.2, 0.25) is 11.8 Å². The monoisotopic (exact) mass is 476 g/mol. The van der Waals surface area contributed by atoms with E-state index >= 15 is 0 Å². The Morgan fingerprint density at radius 3 is 2.53 bits per heavy atom. The first-order chi connectivity index (χ1) is 16.1. The van der Waals surface area contributed by atoms with Gasteiger partial charge in [0.1, 0.15) is 11.6 Å². The molecule has 0 bridgehead atoms. The number of pyridine rings is 1. The van der Waals surface area contributed by atoms with Crippen molar-refractivity contribution in [2.75, 3.05) is 29.9 Å². The van der Waals surface area contributed by atoms with E-state index in [0.717, 1.165) is 18.2 Å². The van der Waals surface area contributed by atoms with E-state index in [-0.39, 0.29) is 35.8 Å². The van der Waals surface area contributed by atoms with Crippen LogP contribution in [0.25, 0.3) is 0 Å². The summed E-state index contributed by atoms with van der Waals surface area (Å²) in [6.45, 7) is 5.76. The highest BCUT2D eigenvalue weighted by atomic mass is 19.4. The second kappa shape index (κ2) is 10.2. The summed E-state index contributed by atoms with van der Waals surface area (Å²) in [5.74, 6) is -0.674. The number of amides is 2. The largest absolute Gasteiger partial charge is 0.573 e. The molecule has 34 heavy (non-hydrogen) atoms. The molecular weight excluding hydrogens is 453 g/mol. The molecule has 0 aliphatic carbocycles. The van der Waals surface area contributed by atoms with Gasteiger partial charge in [-0.3, -0.25) is 9.59 Å². The fourth-order valence-electron chi connectivity index (χ4n) is 3.37. The molecule has 2 aromatic rings. The van der Waals surface area contributed by atoms with Crippen molar-refractivity contribution in [1.82, 2.24) is 15.6 Å². The molecule has 1 saturated heterocycles. The van der Waals surface area contributed by atoms with E-state index in [4.69, 9.17) is 5.41 Å². The van der Waals surface area contributed by atoms with Crippen LogP contribution in [0.3, 0.4) is 0 Å². The maximum absolute atomic E-state index is 12.4. The second-order valence-corrected chi connectivity index (χ2v) is 7.45. The van der Waals surface area contributed by atoms with Gasteiger partial charge in [0.25, 0.3) is 0 Å². The average Bonchev–Trinajstić information content (AvgIpc) is 2.74. The average molecular weight is 476 g/mol. The summed E-state index contributed by atoms with van der Waals surface area (Å²) in [5, 5.41) is 17.0. The maximum Gasteiger partial charge on any atom is 0.573 e. The molecular formula is C22H23F3N6O3. The number of hydrogen-bond donors (Lipinski definition) is 4. The standard InChI is InChI=1S/C22H23F3N6O3/c1-3-19(33)28-10-17(26)20-18(31-11-15(12-31)29-13(2)32)8-9-27-21(20)30-14-4-6-16(7-5-14)34-22(23,24)25/h3-9,15,26H,1,10-12H2,2H3,(H,27,30)(H,28,33)(H,29,32). The Morgan fingerprint density at radius 2 is 1.94 bits per heavy atom. The number of ether oxygens (including phenoxy) is 1. The molecule has 2 heterocycles. The van der Waals surface area contributed by atoms with Crippen molar-refractivity contribution in [3.05, 3.63) is 54.7 Å². The summed E-state index contributed by atoms with van der Waals surface area (Å²) in [7, 11) is 0. The predicted molar refractivity (Wildman–Crippen MR) is 120 cm³/mol. The number of carbonyl (C=O) groups is 2. The second-order valence-electron chi connectivity index (χ2n) is 7.45. The van der Waals surface area contributed by atoms with Crippen LogP contribution in [0.15, 0.2) is 49.2 Å². The topological polar surface area (TPSA) is 119 Å². The van der Waals surface area contributed by atoms with E-state index < -0.39 is 12.3 Å². The Balaban J connectivity index is 1.85. The third kappa shape index (κ3) is 6.47. The number of nitrogens with zero attached hydrogens (tertiary/aromatic N) is 2. The Kier molecular flexibility index (Phi) is 7.39. The highest BCUT2D eigenvalue weighted by Gasteiger charge is 2.32. The minimum absolute atomic E-state index is 0.0363. The summed E-state index contributed by atoms with van der Waals surface area (Å²) in [6.07, 6.45) is -2.17. The van der Waals surface area contributed by atoms with Crippen LogP contribution in [-0.2, 0) is 9.59 Å². The highest BCUT2D eigenvalue weighted by molar-refractivity contribution is 6.10. The zero-order valence-electron chi connectivity index (χ0n) is 18.2. The van der Waals surface area contributed by atoms with Crippen molar-refractivity contribution in [2.24, 2.45) is 0 Å². The molecule has 1 aromatic heterocycles. The lowest BCUT2D eigenvalue weighted by atomic mass is 10.0. The number of carbonyl (C=O) groups excluding carboxylic acids is 2. The Morgan fingerprint density at radius 1 is 1.26 bits per heavy atom. The molecule has 3 rings (SSSR count). The molecule has 12 heteroatoms. The van der Waals surface area contributed by atoms with Crippen LogP contribution in [0.4, 0.5) is 30.4 Å². The summed E-state index contributed by atoms with van der Waals surface area (Å²) < 4.78 is 41.1. The number of hydrogen-bond acceptors (Lipinski definition) is 7. The van der Waals surface area contributed by atoms with Crippen LogP contribution in [0.2, 0.25) is 0 Å². The smallest absolute Gasteiger partial charge is 0.406 e. The van der Waals surface area contributed by atoms with E-state index in [2.05, 4.69) is 32.3 Å². The van der Waals surface area contributed by atoms with E-state index in [0.29, 0.717) is 30.0 Å². The van der Waals surface area contributed by atoms with Crippen molar-refractivity contribution < 1.29 is 27.5 Å². The molecule has 180 valence electrons. The molecule has 0 spiro atoms. The van der Waals surface area contributed by atoms with Crippen molar-refractivity contribution in [2.45, 2.75) is 19.3 Å². The van der Waals surface area contributed by atoms with Crippen molar-refractivity contribution >= 4 is 34.7 Å². The number of benzene rings is 1. The van der Waals surface area contributed by atoms with Gasteiger partial charge in [-0.1, -0.05) is 6.58 Å². The molecule has 1 aliphatic rings. The molecule has 1 aromatic carbocycles. The molecule has 1 fully saturated rings. The fraction of sp³-hybridized carbons (Fsp3) is 0.273. The van der Waals surface area contributed by atoms with Gasteiger partial charge in [0, 0.05) is 31.9 Å². The quantitative estimate of drug-likeness (QED) is 0.326. The molecule has 0 atom stereocenters. The first-order valence-corrected chi connectivity index (χ1v) is 10.2. The third-order valence-corrected chi connectivity index (χ3v) is 4.84. The van der Waals surface area contributed by atoms with Crippen LogP contribution in [-0.4, -0.2) is 54.5 Å². The lowest BCUT2D eigenvalue weighted by Crippen LogP contribution is -2.59. The van der Waals surface area contributed by atoms with Crippen LogP contribution in [0.5, 0.6) is 5.75 Å². The lowest BCUT2D eigenvalue weighted by molar-refractivity contribution is -0.274. The van der Waals surface area contributed by atoms with Crippen molar-refractivity contribution in [1.29, 1.82) is 5.41 Å². The van der Waals surface area contributed by atoms with Gasteiger partial charge >= 0.3 is 6.36 Å². The first-order valence-electron chi connectivity index (χ1n) is 10.2. The normalized spacial score (nSPS) is 13.5. The number of nitrogens with one attached hydrogen (secondary N) is 4. The summed E-state index contributed by atoms with van der Waals surface area (Å²) in [4.78, 5) is 29.1. The summed E-state index contributed by atoms with van der Waals surface area (Å²) in [5.41, 5.74) is 1.54. The third-order valence-electron chi connectivity index (χ3n) is 4.84. The number of rotatable bonds is 9. The molecule has 9 nitrogen and oxygen atoms in total. The van der Waals surface area contributed by atoms with Crippen molar-refractivity contribution in [3.8, 4) is 5.75 Å². The fourth-order valence-corrected chi connectivity index (χ4v) is 3.37. The van der Waals surface area contributed by atoms with Gasteiger partial charge in [-0.25, -0.2) is 4.98 Å². The van der Waals surface area contributed by atoms with Crippen LogP contribution in [0, 0.1) is 5.41 Å². The van der Waals surface area contributed by atoms with E-state index in [9.17, 15) is 22.8 Å². The number of alkyl halides is 3. The summed E-state index contributed by atoms with van der Waals surface area (Å²) >= 11 is 0. The summed E-state index contributed by atoms with van der Waals surface area (Å²) in [6, 6.07) is 6.77. The molecule has 0 saturated carbocycles. The number of halogens is 3. The van der Waals surface area contributed by atoms with E-state index in [1.54, 1.807) is 6.07 Å². The Hall–Kier alpha value is -4.09. The lowest BCUT2D eigenvalue weighted by Gasteiger charge is -2.42. The van der Waals surface area contributed by atoms with Gasteiger partial charge in [0.15, 0.2) is 0 Å². The predicted octanol–water partition coefficient (Wildman–Crippen LogP) is 2.72. The SMILES string of the molecule is C=CC(=O)NCC(=N)c1c(N2CC(NC(C)=O)C2)ccnc1Nc1ccc(OC(F)(F)F)cc1. The Bertz CT molecular complexity index is 1080. The van der Waals surface area contributed by atoms with Gasteiger partial charge in [-0.2, -0.15) is 0 Å². The number of aromatic nitrogens is 1. The van der Waals surface area contributed by atoms with E-state index in [1.165, 1.54) is 25.3 Å². The minimum Gasteiger partial charge on any atom is -0.406 e. The number of anilines is 3.